The Morgan fingerprint density at radius 3 is 2.80 bits per heavy atom. The number of hydrogen-bond donors (Lipinski definition) is 0. The van der Waals surface area contributed by atoms with Crippen molar-refractivity contribution >= 4 is 23.6 Å². The number of likely N-dealkylation sites (tertiary alicyclic amines) is 1. The van der Waals surface area contributed by atoms with Crippen molar-refractivity contribution in [1.82, 2.24) is 14.7 Å². The Bertz CT molecular complexity index is 521. The number of nitrogens with zero attached hydrogens (tertiary/aromatic N) is 3. The largest absolute Gasteiger partial charge is 0.339 e. The molecule has 1 saturated heterocycles. The molecule has 0 radical (unpaired) electrons. The first kappa shape index (κ1) is 15.1. The molecule has 0 saturated carbocycles. The van der Waals surface area contributed by atoms with Crippen molar-refractivity contribution < 1.29 is 4.79 Å². The second-order valence-corrected chi connectivity index (χ2v) is 5.97. The maximum atomic E-state index is 12.2. The highest BCUT2D eigenvalue weighted by molar-refractivity contribution is 6.31. The van der Waals surface area contributed by atoms with E-state index >= 15 is 0 Å². The van der Waals surface area contributed by atoms with Crippen LogP contribution in [0, 0.1) is 12.8 Å². The Balaban J connectivity index is 2.05. The molecule has 0 aromatic carbocycles. The number of amides is 1. The van der Waals surface area contributed by atoms with Crippen LogP contribution < -0.4 is 0 Å². The van der Waals surface area contributed by atoms with E-state index in [0.717, 1.165) is 37.2 Å². The molecule has 1 fully saturated rings. The van der Waals surface area contributed by atoms with Crippen molar-refractivity contribution in [2.45, 2.75) is 33.1 Å². The van der Waals surface area contributed by atoms with Gasteiger partial charge in [-0.2, -0.15) is 5.10 Å². The summed E-state index contributed by atoms with van der Waals surface area (Å²) in [6, 6.07) is 0. The third-order valence-corrected chi connectivity index (χ3v) is 4.37. The molecule has 20 heavy (non-hydrogen) atoms. The van der Waals surface area contributed by atoms with Crippen molar-refractivity contribution in [2.24, 2.45) is 13.0 Å². The smallest absolute Gasteiger partial charge is 0.246 e. The fourth-order valence-corrected chi connectivity index (χ4v) is 2.82. The van der Waals surface area contributed by atoms with Crippen LogP contribution in [0.25, 0.3) is 6.08 Å². The molecule has 5 heteroatoms. The molecule has 4 nitrogen and oxygen atoms in total. The van der Waals surface area contributed by atoms with Crippen LogP contribution in [0.2, 0.25) is 5.15 Å². The highest BCUT2D eigenvalue weighted by Gasteiger charge is 2.17. The fourth-order valence-electron chi connectivity index (χ4n) is 2.58. The average molecular weight is 296 g/mol. The number of aryl methyl sites for hydroxylation is 2. The molecule has 1 aromatic heterocycles. The van der Waals surface area contributed by atoms with Crippen molar-refractivity contribution in [2.75, 3.05) is 13.1 Å². The molecule has 0 bridgehead atoms. The van der Waals surface area contributed by atoms with Gasteiger partial charge in [-0.15, -0.1) is 0 Å². The zero-order valence-electron chi connectivity index (χ0n) is 12.4. The minimum Gasteiger partial charge on any atom is -0.339 e. The average Bonchev–Trinajstić information content (AvgIpc) is 2.59. The van der Waals surface area contributed by atoms with Gasteiger partial charge in [0.05, 0.1) is 5.69 Å². The summed E-state index contributed by atoms with van der Waals surface area (Å²) < 4.78 is 1.62. The molecular weight excluding hydrogens is 274 g/mol. The minimum atomic E-state index is 0.0680. The summed E-state index contributed by atoms with van der Waals surface area (Å²) in [5.41, 5.74) is 1.66. The van der Waals surface area contributed by atoms with Gasteiger partial charge in [0.25, 0.3) is 0 Å². The first-order valence-electron chi connectivity index (χ1n) is 7.15. The Hall–Kier alpha value is -1.29. The highest BCUT2D eigenvalue weighted by atomic mass is 35.5. The first-order valence-corrected chi connectivity index (χ1v) is 7.53. The molecule has 1 aromatic rings. The maximum Gasteiger partial charge on any atom is 0.246 e. The second kappa shape index (κ2) is 6.44. The molecule has 0 N–H and O–H groups in total. The third kappa shape index (κ3) is 3.42. The van der Waals surface area contributed by atoms with Gasteiger partial charge in [0, 0.05) is 31.8 Å². The van der Waals surface area contributed by atoms with E-state index in [-0.39, 0.29) is 5.91 Å². The van der Waals surface area contributed by atoms with E-state index in [0.29, 0.717) is 11.1 Å². The SMILES string of the molecule is Cc1nn(C)c(Cl)c1/C=C\C(=O)N1CCC[C@H](C)CC1. The molecule has 1 amide bonds. The van der Waals surface area contributed by atoms with Crippen LogP contribution in [0.5, 0.6) is 0 Å². The summed E-state index contributed by atoms with van der Waals surface area (Å²) in [5, 5.41) is 4.80. The lowest BCUT2D eigenvalue weighted by Crippen LogP contribution is -2.30. The molecule has 2 rings (SSSR count). The summed E-state index contributed by atoms with van der Waals surface area (Å²) in [4.78, 5) is 14.2. The molecule has 0 unspecified atom stereocenters. The number of carbonyl (C=O) groups is 1. The van der Waals surface area contributed by atoms with Gasteiger partial charge in [0.1, 0.15) is 5.15 Å². The molecule has 110 valence electrons. The van der Waals surface area contributed by atoms with E-state index in [1.54, 1.807) is 23.9 Å². The quantitative estimate of drug-likeness (QED) is 0.787. The van der Waals surface area contributed by atoms with Gasteiger partial charge in [-0.25, -0.2) is 0 Å². The van der Waals surface area contributed by atoms with Crippen LogP contribution in [0.15, 0.2) is 6.08 Å². The number of aromatic nitrogens is 2. The van der Waals surface area contributed by atoms with Gasteiger partial charge in [-0.1, -0.05) is 18.5 Å². The summed E-state index contributed by atoms with van der Waals surface area (Å²) in [5.74, 6) is 0.783. The van der Waals surface area contributed by atoms with Gasteiger partial charge in [0.15, 0.2) is 0 Å². The molecule has 1 aliphatic rings. The lowest BCUT2D eigenvalue weighted by Gasteiger charge is -2.18. The normalized spacial score (nSPS) is 20.4. The fraction of sp³-hybridized carbons (Fsp3) is 0.600. The monoisotopic (exact) mass is 295 g/mol. The summed E-state index contributed by atoms with van der Waals surface area (Å²) in [7, 11) is 1.80. The van der Waals surface area contributed by atoms with Crippen LogP contribution in [-0.2, 0) is 11.8 Å². The Labute approximate surface area is 125 Å². The number of carbonyl (C=O) groups excluding carboxylic acids is 1. The van der Waals surface area contributed by atoms with E-state index in [4.69, 9.17) is 11.6 Å². The standard InChI is InChI=1S/C15H22ClN3O/c1-11-5-4-9-19(10-8-11)14(20)7-6-13-12(2)17-18(3)15(13)16/h6-7,11H,4-5,8-10H2,1-3H3/b7-6-/t11-/m0/s1. The molecule has 1 aliphatic heterocycles. The molecule has 1 atom stereocenters. The summed E-state index contributed by atoms with van der Waals surface area (Å²) in [6.45, 7) is 5.85. The van der Waals surface area contributed by atoms with Crippen molar-refractivity contribution in [1.29, 1.82) is 0 Å². The topological polar surface area (TPSA) is 38.1 Å². The second-order valence-electron chi connectivity index (χ2n) is 5.61. The van der Waals surface area contributed by atoms with E-state index < -0.39 is 0 Å². The lowest BCUT2D eigenvalue weighted by atomic mass is 10.0. The molecule has 0 spiro atoms. The predicted molar refractivity (Wildman–Crippen MR) is 81.6 cm³/mol. The molecule has 2 heterocycles. The van der Waals surface area contributed by atoms with E-state index in [1.807, 2.05) is 11.8 Å². The predicted octanol–water partition coefficient (Wildman–Crippen LogP) is 3.04. The van der Waals surface area contributed by atoms with Crippen LogP contribution in [0.1, 0.15) is 37.4 Å². The highest BCUT2D eigenvalue weighted by Crippen LogP contribution is 2.21. The summed E-state index contributed by atoms with van der Waals surface area (Å²) >= 11 is 6.15. The van der Waals surface area contributed by atoms with Crippen molar-refractivity contribution in [3.63, 3.8) is 0 Å². The van der Waals surface area contributed by atoms with Crippen LogP contribution in [0.3, 0.4) is 0 Å². The van der Waals surface area contributed by atoms with Gasteiger partial charge in [0.2, 0.25) is 5.91 Å². The Morgan fingerprint density at radius 1 is 1.40 bits per heavy atom. The maximum absolute atomic E-state index is 12.2. The van der Waals surface area contributed by atoms with Crippen LogP contribution in [-0.4, -0.2) is 33.7 Å². The van der Waals surface area contributed by atoms with Crippen molar-refractivity contribution in [3.05, 3.63) is 22.5 Å². The summed E-state index contributed by atoms with van der Waals surface area (Å²) in [6.07, 6.45) is 6.79. The van der Waals surface area contributed by atoms with Crippen LogP contribution in [0.4, 0.5) is 0 Å². The van der Waals surface area contributed by atoms with E-state index in [1.165, 1.54) is 6.42 Å². The molecule has 0 aliphatic carbocycles. The number of hydrogen-bond acceptors (Lipinski definition) is 2. The Kier molecular flexibility index (Phi) is 4.86. The zero-order valence-corrected chi connectivity index (χ0v) is 13.2. The van der Waals surface area contributed by atoms with E-state index in [2.05, 4.69) is 12.0 Å². The first-order chi connectivity index (χ1) is 9.49. The minimum absolute atomic E-state index is 0.0680. The lowest BCUT2D eigenvalue weighted by molar-refractivity contribution is -0.125. The van der Waals surface area contributed by atoms with Gasteiger partial charge >= 0.3 is 0 Å². The Morgan fingerprint density at radius 2 is 2.15 bits per heavy atom. The van der Waals surface area contributed by atoms with Gasteiger partial charge in [-0.3, -0.25) is 9.48 Å². The van der Waals surface area contributed by atoms with Gasteiger partial charge < -0.3 is 4.90 Å². The van der Waals surface area contributed by atoms with Crippen LogP contribution >= 0.6 is 11.6 Å². The number of halogens is 1. The number of rotatable bonds is 2. The third-order valence-electron chi connectivity index (χ3n) is 3.92. The van der Waals surface area contributed by atoms with Crippen molar-refractivity contribution in [3.8, 4) is 0 Å². The van der Waals surface area contributed by atoms with Gasteiger partial charge in [-0.05, 0) is 38.2 Å². The zero-order chi connectivity index (χ0) is 14.7. The molecular formula is C15H22ClN3O. The van der Waals surface area contributed by atoms with E-state index in [9.17, 15) is 4.79 Å².